The highest BCUT2D eigenvalue weighted by molar-refractivity contribution is 5.45. The Morgan fingerprint density at radius 3 is 2.82 bits per heavy atom. The van der Waals surface area contributed by atoms with Gasteiger partial charge in [-0.25, -0.2) is 4.98 Å². The Kier molecular flexibility index (Phi) is 4.62. The van der Waals surface area contributed by atoms with Crippen molar-refractivity contribution in [2.45, 2.75) is 32.3 Å². The predicted molar refractivity (Wildman–Crippen MR) is 70.5 cm³/mol. The van der Waals surface area contributed by atoms with Gasteiger partial charge >= 0.3 is 0 Å². The third kappa shape index (κ3) is 3.89. The van der Waals surface area contributed by atoms with Crippen molar-refractivity contribution in [1.29, 1.82) is 0 Å². The Hall–Kier alpha value is -1.29. The minimum absolute atomic E-state index is 0.341. The molecular weight excluding hydrogens is 214 g/mol. The van der Waals surface area contributed by atoms with Crippen LogP contribution < -0.4 is 10.6 Å². The van der Waals surface area contributed by atoms with Crippen molar-refractivity contribution >= 4 is 11.6 Å². The van der Waals surface area contributed by atoms with Crippen LogP contribution in [0, 0.1) is 0 Å². The summed E-state index contributed by atoms with van der Waals surface area (Å²) in [5, 5.41) is 6.54. The van der Waals surface area contributed by atoms with Gasteiger partial charge in [-0.15, -0.1) is 0 Å². The number of pyridine rings is 1. The monoisotopic (exact) mass is 235 g/mol. The van der Waals surface area contributed by atoms with Crippen molar-refractivity contribution in [3.8, 4) is 0 Å². The lowest BCUT2D eigenvalue weighted by Crippen LogP contribution is -2.27. The Morgan fingerprint density at radius 2 is 2.12 bits per heavy atom. The highest BCUT2D eigenvalue weighted by Gasteiger charge is 2.13. The molecule has 2 rings (SSSR count). The van der Waals surface area contributed by atoms with Gasteiger partial charge < -0.3 is 15.4 Å². The summed E-state index contributed by atoms with van der Waals surface area (Å²) in [5.41, 5.74) is 0. The van der Waals surface area contributed by atoms with Gasteiger partial charge in [-0.3, -0.25) is 0 Å². The summed E-state index contributed by atoms with van der Waals surface area (Å²) >= 11 is 0. The van der Waals surface area contributed by atoms with Gasteiger partial charge in [0.1, 0.15) is 11.6 Å². The topological polar surface area (TPSA) is 46.2 Å². The first-order valence-electron chi connectivity index (χ1n) is 6.45. The molecule has 1 atom stereocenters. The Bertz CT molecular complexity index is 337. The van der Waals surface area contributed by atoms with E-state index in [2.05, 4.69) is 22.5 Å². The largest absolute Gasteiger partial charge is 0.376 e. The first kappa shape index (κ1) is 12.2. The van der Waals surface area contributed by atoms with E-state index in [1.165, 1.54) is 12.8 Å². The summed E-state index contributed by atoms with van der Waals surface area (Å²) in [6.07, 6.45) is 3.97. The average molecular weight is 235 g/mol. The zero-order chi connectivity index (χ0) is 11.9. The van der Waals surface area contributed by atoms with Crippen LogP contribution in [0.1, 0.15) is 26.2 Å². The molecule has 0 amide bonds. The molecule has 1 aromatic rings. The first-order chi connectivity index (χ1) is 8.38. The van der Waals surface area contributed by atoms with E-state index in [-0.39, 0.29) is 0 Å². The number of hydrogen-bond donors (Lipinski definition) is 2. The minimum Gasteiger partial charge on any atom is -0.376 e. The summed E-state index contributed by atoms with van der Waals surface area (Å²) in [6.45, 7) is 4.71. The SMILES string of the molecule is CCNc1cccc(NCC2CCCCO2)n1. The molecule has 1 saturated heterocycles. The average Bonchev–Trinajstić information content (AvgIpc) is 2.39. The van der Waals surface area contributed by atoms with Crippen LogP contribution >= 0.6 is 0 Å². The Balaban J connectivity index is 1.83. The molecule has 2 heterocycles. The van der Waals surface area contributed by atoms with Gasteiger partial charge in [0, 0.05) is 19.7 Å². The van der Waals surface area contributed by atoms with Gasteiger partial charge in [-0.05, 0) is 38.3 Å². The fourth-order valence-electron chi connectivity index (χ4n) is 2.00. The quantitative estimate of drug-likeness (QED) is 0.823. The second-order valence-corrected chi connectivity index (χ2v) is 4.31. The van der Waals surface area contributed by atoms with Crippen LogP contribution in [0.4, 0.5) is 11.6 Å². The molecule has 1 aliphatic heterocycles. The molecule has 1 unspecified atom stereocenters. The van der Waals surface area contributed by atoms with Gasteiger partial charge in [0.15, 0.2) is 0 Å². The number of anilines is 2. The van der Waals surface area contributed by atoms with Crippen molar-refractivity contribution in [1.82, 2.24) is 4.98 Å². The van der Waals surface area contributed by atoms with Gasteiger partial charge in [-0.2, -0.15) is 0 Å². The van der Waals surface area contributed by atoms with Crippen LogP contribution in [0.5, 0.6) is 0 Å². The van der Waals surface area contributed by atoms with Crippen LogP contribution in [0.3, 0.4) is 0 Å². The second-order valence-electron chi connectivity index (χ2n) is 4.31. The molecule has 4 nitrogen and oxygen atoms in total. The van der Waals surface area contributed by atoms with E-state index in [1.54, 1.807) is 0 Å². The van der Waals surface area contributed by atoms with Gasteiger partial charge in [0.2, 0.25) is 0 Å². The number of ether oxygens (including phenoxy) is 1. The predicted octanol–water partition coefficient (Wildman–Crippen LogP) is 2.49. The molecule has 1 aliphatic rings. The number of aromatic nitrogens is 1. The standard InChI is InChI=1S/C13H21N3O/c1-2-14-12-7-5-8-13(16-12)15-10-11-6-3-4-9-17-11/h5,7-8,11H,2-4,6,9-10H2,1H3,(H2,14,15,16). The van der Waals surface area contributed by atoms with Gasteiger partial charge in [0.25, 0.3) is 0 Å². The lowest BCUT2D eigenvalue weighted by molar-refractivity contribution is 0.0247. The highest BCUT2D eigenvalue weighted by Crippen LogP contribution is 2.14. The van der Waals surface area contributed by atoms with Crippen LogP contribution in [-0.4, -0.2) is 30.8 Å². The van der Waals surface area contributed by atoms with Gasteiger partial charge in [0.05, 0.1) is 6.10 Å². The highest BCUT2D eigenvalue weighted by atomic mass is 16.5. The fraction of sp³-hybridized carbons (Fsp3) is 0.615. The molecule has 0 aliphatic carbocycles. The lowest BCUT2D eigenvalue weighted by Gasteiger charge is -2.23. The molecule has 17 heavy (non-hydrogen) atoms. The van der Waals surface area contributed by atoms with E-state index in [1.807, 2.05) is 18.2 Å². The van der Waals surface area contributed by atoms with Crippen LogP contribution in [-0.2, 0) is 4.74 Å². The summed E-state index contributed by atoms with van der Waals surface area (Å²) in [5.74, 6) is 1.83. The smallest absolute Gasteiger partial charge is 0.128 e. The third-order valence-electron chi connectivity index (χ3n) is 2.89. The second kappa shape index (κ2) is 6.45. The molecule has 1 aromatic heterocycles. The summed E-state index contributed by atoms with van der Waals surface area (Å²) in [4.78, 5) is 4.47. The molecule has 2 N–H and O–H groups in total. The normalized spacial score (nSPS) is 19.9. The lowest BCUT2D eigenvalue weighted by atomic mass is 10.1. The first-order valence-corrected chi connectivity index (χ1v) is 6.45. The number of hydrogen-bond acceptors (Lipinski definition) is 4. The van der Waals surface area contributed by atoms with Crippen molar-refractivity contribution in [2.75, 3.05) is 30.3 Å². The third-order valence-corrected chi connectivity index (χ3v) is 2.89. The zero-order valence-corrected chi connectivity index (χ0v) is 10.4. The molecule has 0 saturated carbocycles. The molecule has 94 valence electrons. The van der Waals surface area contributed by atoms with Crippen molar-refractivity contribution < 1.29 is 4.74 Å². The van der Waals surface area contributed by atoms with Crippen molar-refractivity contribution in [3.63, 3.8) is 0 Å². The minimum atomic E-state index is 0.341. The number of nitrogens with one attached hydrogen (secondary N) is 2. The van der Waals surface area contributed by atoms with E-state index in [4.69, 9.17) is 4.74 Å². The van der Waals surface area contributed by atoms with E-state index in [0.717, 1.165) is 37.8 Å². The van der Waals surface area contributed by atoms with E-state index in [9.17, 15) is 0 Å². The summed E-state index contributed by atoms with van der Waals surface area (Å²) < 4.78 is 5.67. The zero-order valence-electron chi connectivity index (χ0n) is 10.4. The summed E-state index contributed by atoms with van der Waals surface area (Å²) in [6, 6.07) is 5.98. The number of rotatable bonds is 5. The molecule has 0 bridgehead atoms. The van der Waals surface area contributed by atoms with Crippen LogP contribution in [0.2, 0.25) is 0 Å². The summed E-state index contributed by atoms with van der Waals surface area (Å²) in [7, 11) is 0. The van der Waals surface area contributed by atoms with Gasteiger partial charge in [-0.1, -0.05) is 6.07 Å². The fourth-order valence-corrected chi connectivity index (χ4v) is 2.00. The van der Waals surface area contributed by atoms with Crippen LogP contribution in [0.15, 0.2) is 18.2 Å². The maximum absolute atomic E-state index is 5.67. The maximum atomic E-state index is 5.67. The molecule has 4 heteroatoms. The molecule has 0 radical (unpaired) electrons. The molecule has 0 aromatic carbocycles. The molecular formula is C13H21N3O. The van der Waals surface area contributed by atoms with Crippen LogP contribution in [0.25, 0.3) is 0 Å². The van der Waals surface area contributed by atoms with Crippen molar-refractivity contribution in [3.05, 3.63) is 18.2 Å². The Morgan fingerprint density at radius 1 is 1.29 bits per heavy atom. The van der Waals surface area contributed by atoms with E-state index >= 15 is 0 Å². The Labute approximate surface area is 103 Å². The molecule has 0 spiro atoms. The van der Waals surface area contributed by atoms with E-state index in [0.29, 0.717) is 6.10 Å². The number of nitrogens with zero attached hydrogens (tertiary/aromatic N) is 1. The van der Waals surface area contributed by atoms with E-state index < -0.39 is 0 Å². The maximum Gasteiger partial charge on any atom is 0.128 e. The molecule has 1 fully saturated rings. The van der Waals surface area contributed by atoms with Crippen molar-refractivity contribution in [2.24, 2.45) is 0 Å².